The predicted octanol–water partition coefficient (Wildman–Crippen LogP) is 1.90. The van der Waals surface area contributed by atoms with E-state index in [1.807, 2.05) is 0 Å². The first-order valence-electron chi connectivity index (χ1n) is 5.07. The molecule has 0 spiro atoms. The lowest BCUT2D eigenvalue weighted by atomic mass is 10.2. The van der Waals surface area contributed by atoms with Crippen molar-refractivity contribution in [2.45, 2.75) is 10.9 Å². The molecule has 0 amide bonds. The molecule has 0 aliphatic heterocycles. The Balaban J connectivity index is 2.18. The summed E-state index contributed by atoms with van der Waals surface area (Å²) in [7, 11) is 0. The maximum atomic E-state index is 10.7. The Hall–Kier alpha value is -2.06. The van der Waals surface area contributed by atoms with Gasteiger partial charge in [0.05, 0.1) is 10.6 Å². The number of nitrogens with one attached hydrogen (secondary N) is 2. The third kappa shape index (κ3) is 2.79. The number of nitro groups is 1. The van der Waals surface area contributed by atoms with Gasteiger partial charge in [-0.05, 0) is 11.6 Å². The average Bonchev–Trinajstić information content (AvgIpc) is 2.89. The van der Waals surface area contributed by atoms with E-state index in [4.69, 9.17) is 5.84 Å². The molecule has 0 atom stereocenters. The van der Waals surface area contributed by atoms with E-state index >= 15 is 0 Å². The monoisotopic (exact) mass is 265 g/mol. The molecule has 0 radical (unpaired) electrons. The van der Waals surface area contributed by atoms with Crippen LogP contribution in [-0.2, 0) is 5.75 Å². The Bertz CT molecular complexity index is 543. The number of anilines is 1. The Labute approximate surface area is 107 Å². The first kappa shape index (κ1) is 12.4. The van der Waals surface area contributed by atoms with Crippen LogP contribution in [0, 0.1) is 10.1 Å². The minimum absolute atomic E-state index is 0.0454. The minimum atomic E-state index is -0.429. The smallest absolute Gasteiger partial charge is 0.269 e. The molecular formula is C10H11N5O2S. The predicted molar refractivity (Wildman–Crippen MR) is 69.1 cm³/mol. The number of hydrazine groups is 1. The molecule has 8 heteroatoms. The molecule has 4 N–H and O–H groups in total. The summed E-state index contributed by atoms with van der Waals surface area (Å²) < 4.78 is 0. The second-order valence-corrected chi connectivity index (χ2v) is 4.39. The van der Waals surface area contributed by atoms with Gasteiger partial charge in [-0.3, -0.25) is 16.0 Å². The van der Waals surface area contributed by atoms with Crippen LogP contribution in [0.1, 0.15) is 5.56 Å². The number of hydrogen-bond acceptors (Lipinski definition) is 6. The van der Waals surface area contributed by atoms with Gasteiger partial charge in [-0.15, -0.1) is 0 Å². The first-order chi connectivity index (χ1) is 8.70. The molecule has 94 valence electrons. The van der Waals surface area contributed by atoms with E-state index in [2.05, 4.69) is 15.4 Å². The number of aromatic amines is 1. The lowest BCUT2D eigenvalue weighted by molar-refractivity contribution is -0.384. The Kier molecular flexibility index (Phi) is 3.80. The highest BCUT2D eigenvalue weighted by atomic mass is 32.2. The molecule has 0 aliphatic rings. The van der Waals surface area contributed by atoms with Crippen LogP contribution in [0.25, 0.3) is 0 Å². The van der Waals surface area contributed by atoms with E-state index in [1.54, 1.807) is 18.5 Å². The fourth-order valence-electron chi connectivity index (χ4n) is 1.43. The SMILES string of the molecule is NNc1ccc([N+](=O)[O-])cc1CSc1ncc[nH]1. The first-order valence-corrected chi connectivity index (χ1v) is 6.05. The van der Waals surface area contributed by atoms with Crippen molar-refractivity contribution in [1.29, 1.82) is 0 Å². The number of nitrogens with zero attached hydrogens (tertiary/aromatic N) is 2. The number of H-pyrrole nitrogens is 1. The van der Waals surface area contributed by atoms with Crippen LogP contribution in [0.2, 0.25) is 0 Å². The molecule has 7 nitrogen and oxygen atoms in total. The molecule has 1 aromatic heterocycles. The van der Waals surface area contributed by atoms with Crippen LogP contribution in [0.5, 0.6) is 0 Å². The molecular weight excluding hydrogens is 254 g/mol. The number of nitro benzene ring substituents is 1. The largest absolute Gasteiger partial charge is 0.340 e. The number of hydrogen-bond donors (Lipinski definition) is 3. The fourth-order valence-corrected chi connectivity index (χ4v) is 2.25. The number of non-ortho nitro benzene ring substituents is 1. The van der Waals surface area contributed by atoms with Crippen molar-refractivity contribution in [2.24, 2.45) is 5.84 Å². The van der Waals surface area contributed by atoms with Gasteiger partial charge in [0.1, 0.15) is 0 Å². The highest BCUT2D eigenvalue weighted by molar-refractivity contribution is 7.98. The van der Waals surface area contributed by atoms with Crippen molar-refractivity contribution >= 4 is 23.1 Å². The summed E-state index contributed by atoms with van der Waals surface area (Å²) in [5.74, 6) is 5.91. The van der Waals surface area contributed by atoms with Crippen LogP contribution in [0.3, 0.4) is 0 Å². The van der Waals surface area contributed by atoms with E-state index in [0.717, 1.165) is 10.7 Å². The molecule has 0 saturated heterocycles. The molecule has 0 aliphatic carbocycles. The summed E-state index contributed by atoms with van der Waals surface area (Å²) in [4.78, 5) is 17.3. The number of thioether (sulfide) groups is 1. The van der Waals surface area contributed by atoms with E-state index in [-0.39, 0.29) is 5.69 Å². The maximum absolute atomic E-state index is 10.7. The number of nitrogens with two attached hydrogens (primary N) is 1. The van der Waals surface area contributed by atoms with Gasteiger partial charge in [-0.2, -0.15) is 0 Å². The Morgan fingerprint density at radius 2 is 2.39 bits per heavy atom. The van der Waals surface area contributed by atoms with Gasteiger partial charge >= 0.3 is 0 Å². The standard InChI is InChI=1S/C10H11N5O2S/c11-14-9-2-1-8(15(16)17)5-7(9)6-18-10-12-3-4-13-10/h1-5,14H,6,11H2,(H,12,13). The van der Waals surface area contributed by atoms with E-state index in [0.29, 0.717) is 11.4 Å². The normalized spacial score (nSPS) is 10.3. The Morgan fingerprint density at radius 1 is 1.56 bits per heavy atom. The average molecular weight is 265 g/mol. The van der Waals surface area contributed by atoms with Crippen molar-refractivity contribution in [2.75, 3.05) is 5.43 Å². The topological polar surface area (TPSA) is 110 Å². The van der Waals surface area contributed by atoms with Gasteiger partial charge in [0.15, 0.2) is 5.16 Å². The van der Waals surface area contributed by atoms with Crippen molar-refractivity contribution in [3.63, 3.8) is 0 Å². The Morgan fingerprint density at radius 3 is 3.00 bits per heavy atom. The number of nitrogen functional groups attached to an aromatic ring is 1. The molecule has 18 heavy (non-hydrogen) atoms. The minimum Gasteiger partial charge on any atom is -0.340 e. The van der Waals surface area contributed by atoms with Gasteiger partial charge in [-0.25, -0.2) is 4.98 Å². The highest BCUT2D eigenvalue weighted by Gasteiger charge is 2.11. The summed E-state index contributed by atoms with van der Waals surface area (Å²) in [5.41, 5.74) is 3.99. The zero-order chi connectivity index (χ0) is 13.0. The zero-order valence-corrected chi connectivity index (χ0v) is 10.1. The molecule has 2 aromatic rings. The molecule has 0 fully saturated rings. The van der Waals surface area contributed by atoms with E-state index < -0.39 is 4.92 Å². The van der Waals surface area contributed by atoms with Crippen molar-refractivity contribution < 1.29 is 4.92 Å². The van der Waals surface area contributed by atoms with Crippen LogP contribution in [-0.4, -0.2) is 14.9 Å². The number of aromatic nitrogens is 2. The van der Waals surface area contributed by atoms with Gasteiger partial charge in [0, 0.05) is 30.3 Å². The molecule has 0 saturated carbocycles. The lowest BCUT2D eigenvalue weighted by Gasteiger charge is -2.07. The zero-order valence-electron chi connectivity index (χ0n) is 9.29. The highest BCUT2D eigenvalue weighted by Crippen LogP contribution is 2.27. The fraction of sp³-hybridized carbons (Fsp3) is 0.100. The summed E-state index contributed by atoms with van der Waals surface area (Å²) in [5, 5.41) is 11.5. The molecule has 0 bridgehead atoms. The second kappa shape index (κ2) is 5.52. The van der Waals surface area contributed by atoms with Crippen LogP contribution >= 0.6 is 11.8 Å². The van der Waals surface area contributed by atoms with Gasteiger partial charge in [0.2, 0.25) is 0 Å². The summed E-state index contributed by atoms with van der Waals surface area (Å²) in [6, 6.07) is 4.51. The van der Waals surface area contributed by atoms with Crippen LogP contribution in [0.4, 0.5) is 11.4 Å². The van der Waals surface area contributed by atoms with Gasteiger partial charge in [-0.1, -0.05) is 11.8 Å². The molecule has 1 heterocycles. The summed E-state index contributed by atoms with van der Waals surface area (Å²) in [6.45, 7) is 0. The number of imidazole rings is 1. The van der Waals surface area contributed by atoms with E-state index in [1.165, 1.54) is 23.9 Å². The number of rotatable bonds is 5. The lowest BCUT2D eigenvalue weighted by Crippen LogP contribution is -2.09. The van der Waals surface area contributed by atoms with Gasteiger partial charge < -0.3 is 10.4 Å². The maximum Gasteiger partial charge on any atom is 0.269 e. The van der Waals surface area contributed by atoms with Crippen molar-refractivity contribution in [3.8, 4) is 0 Å². The third-order valence-corrected chi connectivity index (χ3v) is 3.24. The quantitative estimate of drug-likeness (QED) is 0.329. The van der Waals surface area contributed by atoms with Crippen LogP contribution in [0.15, 0.2) is 35.7 Å². The summed E-state index contributed by atoms with van der Waals surface area (Å²) in [6.07, 6.45) is 3.37. The van der Waals surface area contributed by atoms with Crippen molar-refractivity contribution in [1.82, 2.24) is 9.97 Å². The van der Waals surface area contributed by atoms with Crippen molar-refractivity contribution in [3.05, 3.63) is 46.3 Å². The van der Waals surface area contributed by atoms with Crippen LogP contribution < -0.4 is 11.3 Å². The van der Waals surface area contributed by atoms with E-state index in [9.17, 15) is 10.1 Å². The second-order valence-electron chi connectivity index (χ2n) is 3.43. The molecule has 2 rings (SSSR count). The van der Waals surface area contributed by atoms with Gasteiger partial charge in [0.25, 0.3) is 5.69 Å². The molecule has 0 unspecified atom stereocenters. The molecule has 1 aromatic carbocycles. The number of benzene rings is 1. The summed E-state index contributed by atoms with van der Waals surface area (Å²) >= 11 is 1.45. The third-order valence-electron chi connectivity index (χ3n) is 2.29.